The van der Waals surface area contributed by atoms with Gasteiger partial charge in [0.2, 0.25) is 0 Å². The van der Waals surface area contributed by atoms with Crippen molar-refractivity contribution in [3.63, 3.8) is 0 Å². The van der Waals surface area contributed by atoms with Gasteiger partial charge in [-0.05, 0) is 37.0 Å². The molecule has 5 nitrogen and oxygen atoms in total. The predicted octanol–water partition coefficient (Wildman–Crippen LogP) is 3.46. The summed E-state index contributed by atoms with van der Waals surface area (Å²) in [6.07, 6.45) is 4.31. The van der Waals surface area contributed by atoms with Crippen LogP contribution in [0.3, 0.4) is 0 Å². The number of ether oxygens (including phenoxy) is 1. The van der Waals surface area contributed by atoms with Crippen molar-refractivity contribution in [3.8, 4) is 0 Å². The summed E-state index contributed by atoms with van der Waals surface area (Å²) < 4.78 is 10.5. The van der Waals surface area contributed by atoms with Gasteiger partial charge in [-0.25, -0.2) is 0 Å². The third-order valence-electron chi connectivity index (χ3n) is 4.85. The van der Waals surface area contributed by atoms with E-state index < -0.39 is 0 Å². The van der Waals surface area contributed by atoms with Gasteiger partial charge in [0.05, 0.1) is 24.9 Å². The van der Waals surface area contributed by atoms with Crippen LogP contribution in [0.5, 0.6) is 0 Å². The summed E-state index contributed by atoms with van der Waals surface area (Å²) in [6.45, 7) is 0.491. The normalized spacial score (nSPS) is 19.7. The van der Waals surface area contributed by atoms with Crippen LogP contribution < -0.4 is 4.90 Å². The van der Waals surface area contributed by atoms with E-state index in [1.54, 1.807) is 17.2 Å². The van der Waals surface area contributed by atoms with Crippen molar-refractivity contribution in [1.29, 1.82) is 0 Å². The minimum atomic E-state index is -0.317. The number of carbonyl (C=O) groups is 2. The van der Waals surface area contributed by atoms with Crippen molar-refractivity contribution in [2.75, 3.05) is 18.6 Å². The summed E-state index contributed by atoms with van der Waals surface area (Å²) in [7, 11) is 1.40. The monoisotopic (exact) mass is 325 g/mol. The van der Waals surface area contributed by atoms with Crippen molar-refractivity contribution < 1.29 is 18.7 Å². The van der Waals surface area contributed by atoms with Gasteiger partial charge in [-0.1, -0.05) is 18.2 Å². The molecule has 1 amide bonds. The van der Waals surface area contributed by atoms with Gasteiger partial charge in [0.15, 0.2) is 0 Å². The molecule has 2 aliphatic rings. The van der Waals surface area contributed by atoms with Gasteiger partial charge in [0.25, 0.3) is 5.91 Å². The molecule has 0 bridgehead atoms. The zero-order chi connectivity index (χ0) is 16.7. The van der Waals surface area contributed by atoms with Crippen molar-refractivity contribution >= 4 is 17.6 Å². The Morgan fingerprint density at radius 1 is 1.17 bits per heavy atom. The molecule has 0 N–H and O–H groups in total. The van der Waals surface area contributed by atoms with Crippen molar-refractivity contribution in [2.45, 2.75) is 31.1 Å². The Balaban J connectivity index is 1.70. The molecule has 1 aromatic carbocycles. The third-order valence-corrected chi connectivity index (χ3v) is 4.85. The van der Waals surface area contributed by atoms with Crippen LogP contribution in [0.1, 0.15) is 52.8 Å². The fraction of sp³-hybridized carbons (Fsp3) is 0.368. The quantitative estimate of drug-likeness (QED) is 0.811. The van der Waals surface area contributed by atoms with Crippen LogP contribution in [0.25, 0.3) is 0 Å². The van der Waals surface area contributed by atoms with Gasteiger partial charge in [-0.15, -0.1) is 0 Å². The number of fused-ring (bicyclic) bond motifs is 1. The van der Waals surface area contributed by atoms with Crippen LogP contribution >= 0.6 is 0 Å². The van der Waals surface area contributed by atoms with E-state index in [0.29, 0.717) is 24.4 Å². The number of carbonyl (C=O) groups excluding carboxylic acids is 2. The van der Waals surface area contributed by atoms with Crippen molar-refractivity contribution in [1.82, 2.24) is 0 Å². The van der Waals surface area contributed by atoms with Crippen LogP contribution in [0.4, 0.5) is 5.69 Å². The molecule has 0 spiro atoms. The van der Waals surface area contributed by atoms with E-state index in [2.05, 4.69) is 0 Å². The van der Waals surface area contributed by atoms with Crippen LogP contribution in [0.15, 0.2) is 41.0 Å². The summed E-state index contributed by atoms with van der Waals surface area (Å²) in [4.78, 5) is 26.9. The van der Waals surface area contributed by atoms with Crippen molar-refractivity contribution in [3.05, 3.63) is 53.5 Å². The molecule has 0 saturated heterocycles. The molecule has 1 aliphatic carbocycles. The zero-order valence-electron chi connectivity index (χ0n) is 13.5. The lowest BCUT2D eigenvalue weighted by molar-refractivity contribution is -0.142. The number of hydrogen-bond acceptors (Lipinski definition) is 4. The topological polar surface area (TPSA) is 59.8 Å². The van der Waals surface area contributed by atoms with Gasteiger partial charge in [0, 0.05) is 18.2 Å². The third kappa shape index (κ3) is 2.40. The Labute approximate surface area is 140 Å². The van der Waals surface area contributed by atoms with E-state index in [0.717, 1.165) is 29.9 Å². The Morgan fingerprint density at radius 3 is 2.71 bits per heavy atom. The Morgan fingerprint density at radius 2 is 1.96 bits per heavy atom. The van der Waals surface area contributed by atoms with Crippen LogP contribution in [-0.2, 0) is 9.53 Å². The molecule has 4 rings (SSSR count). The van der Waals surface area contributed by atoms with Crippen LogP contribution in [-0.4, -0.2) is 25.5 Å². The largest absolute Gasteiger partial charge is 0.469 e. The summed E-state index contributed by atoms with van der Waals surface area (Å²) in [5.41, 5.74) is 2.27. The number of rotatable bonds is 3. The number of methoxy groups -OCH3 is 1. The first-order valence-corrected chi connectivity index (χ1v) is 8.26. The van der Waals surface area contributed by atoms with Crippen LogP contribution in [0, 0.1) is 0 Å². The summed E-state index contributed by atoms with van der Waals surface area (Å²) in [6, 6.07) is 9.31. The molecule has 2 heterocycles. The fourth-order valence-electron chi connectivity index (χ4n) is 3.46. The van der Waals surface area contributed by atoms with Gasteiger partial charge in [0.1, 0.15) is 5.76 Å². The molecule has 1 aliphatic heterocycles. The minimum Gasteiger partial charge on any atom is -0.469 e. The van der Waals surface area contributed by atoms with E-state index in [-0.39, 0.29) is 17.8 Å². The number of amides is 1. The highest BCUT2D eigenvalue weighted by molar-refractivity contribution is 6.08. The second-order valence-corrected chi connectivity index (χ2v) is 6.35. The molecule has 24 heavy (non-hydrogen) atoms. The molecule has 5 heteroatoms. The predicted molar refractivity (Wildman–Crippen MR) is 88.2 cm³/mol. The van der Waals surface area contributed by atoms with Crippen LogP contribution in [0.2, 0.25) is 0 Å². The molecular weight excluding hydrogens is 306 g/mol. The lowest BCUT2D eigenvalue weighted by Crippen LogP contribution is -2.38. The molecule has 0 radical (unpaired) electrons. The second kappa shape index (κ2) is 5.82. The van der Waals surface area contributed by atoms with E-state index in [1.807, 2.05) is 24.3 Å². The van der Waals surface area contributed by atoms with Gasteiger partial charge in [-0.2, -0.15) is 0 Å². The molecule has 2 aromatic rings. The molecule has 1 aromatic heterocycles. The summed E-state index contributed by atoms with van der Waals surface area (Å²) in [5.74, 6) is 0.551. The highest BCUT2D eigenvalue weighted by atomic mass is 16.5. The maximum absolute atomic E-state index is 13.1. The fourth-order valence-corrected chi connectivity index (χ4v) is 3.46. The first kappa shape index (κ1) is 15.0. The minimum absolute atomic E-state index is 0.0542. The van der Waals surface area contributed by atoms with E-state index >= 15 is 0 Å². The number of hydrogen-bond donors (Lipinski definition) is 0. The molecule has 1 saturated carbocycles. The van der Waals surface area contributed by atoms with Gasteiger partial charge in [-0.3, -0.25) is 9.59 Å². The molecule has 124 valence electrons. The first-order chi connectivity index (χ1) is 11.7. The van der Waals surface area contributed by atoms with Crippen molar-refractivity contribution in [2.24, 2.45) is 0 Å². The number of para-hydroxylation sites is 1. The number of esters is 1. The lowest BCUT2D eigenvalue weighted by Gasteiger charge is -2.33. The van der Waals surface area contributed by atoms with Gasteiger partial charge >= 0.3 is 5.97 Å². The summed E-state index contributed by atoms with van der Waals surface area (Å²) in [5, 5.41) is 0. The Hall–Kier alpha value is -2.56. The molecule has 1 fully saturated rings. The van der Waals surface area contributed by atoms with E-state index in [9.17, 15) is 9.59 Å². The molecule has 1 atom stereocenters. The van der Waals surface area contributed by atoms with E-state index in [1.165, 1.54) is 7.11 Å². The molecular formula is C19H19NO4. The second-order valence-electron chi connectivity index (χ2n) is 6.35. The average Bonchev–Trinajstić information content (AvgIpc) is 3.36. The zero-order valence-corrected chi connectivity index (χ0v) is 13.5. The maximum Gasteiger partial charge on any atom is 0.313 e. The van der Waals surface area contributed by atoms with E-state index in [4.69, 9.17) is 9.15 Å². The number of furan rings is 1. The Bertz CT molecular complexity index is 790. The average molecular weight is 325 g/mol. The highest BCUT2D eigenvalue weighted by Crippen LogP contribution is 2.43. The first-order valence-electron chi connectivity index (χ1n) is 8.26. The standard InChI is InChI=1S/C19H19NO4/c1-23-19(22)14-8-10-20(16-5-3-2-4-13(14)16)18(21)15-9-11-24-17(15)12-6-7-12/h2-5,9,11-12,14H,6-8,10H2,1H3/t14-/m0/s1. The summed E-state index contributed by atoms with van der Waals surface area (Å²) >= 11 is 0. The van der Waals surface area contributed by atoms with Gasteiger partial charge < -0.3 is 14.1 Å². The SMILES string of the molecule is COC(=O)[C@H]1CCN(C(=O)c2ccoc2C2CC2)c2ccccc21. The lowest BCUT2D eigenvalue weighted by atomic mass is 9.89. The number of benzene rings is 1. The molecule has 0 unspecified atom stereocenters. The maximum atomic E-state index is 13.1. The Kier molecular flexibility index (Phi) is 3.63. The number of anilines is 1. The number of nitrogens with zero attached hydrogens (tertiary/aromatic N) is 1. The highest BCUT2D eigenvalue weighted by Gasteiger charge is 2.37. The smallest absolute Gasteiger partial charge is 0.313 e.